The molecule has 6 heterocycles. The van der Waals surface area contributed by atoms with Gasteiger partial charge in [0, 0.05) is 124 Å². The number of benzene rings is 4. The predicted molar refractivity (Wildman–Crippen MR) is 325 cm³/mol. The monoisotopic (exact) mass is 1100 g/mol. The summed E-state index contributed by atoms with van der Waals surface area (Å²) in [5.74, 6) is 0.133. The van der Waals surface area contributed by atoms with E-state index in [4.69, 9.17) is 13.1 Å². The first-order valence-corrected chi connectivity index (χ1v) is 29.9. The Labute approximate surface area is 487 Å². The van der Waals surface area contributed by atoms with Crippen LogP contribution >= 0.6 is 0 Å². The lowest BCUT2D eigenvalue weighted by molar-refractivity contribution is 0.0166. The van der Waals surface area contributed by atoms with Gasteiger partial charge in [0.2, 0.25) is 6.54 Å². The maximum atomic E-state index is 13.3. The first-order chi connectivity index (χ1) is 39.7. The number of rotatable bonds is 14. The third-order valence-corrected chi connectivity index (χ3v) is 19.1. The minimum Gasteiger partial charge on any atom is -0.364 e. The lowest BCUT2D eigenvalue weighted by Crippen LogP contribution is -2.58. The number of piperidine rings is 4. The Hall–Kier alpha value is -7.52. The van der Waals surface area contributed by atoms with Crippen molar-refractivity contribution in [3.8, 4) is 0 Å². The molecule has 0 atom stereocenters. The molecule has 0 unspecified atom stereocenters. The summed E-state index contributed by atoms with van der Waals surface area (Å²) in [5, 5.41) is 0. The van der Waals surface area contributed by atoms with E-state index in [0.717, 1.165) is 158 Å². The SMILES string of the molecule is [C-]#[N+]C1(c2ccc(N(Cc3ccccc3)C3CCN(C4(C)CCN(C(=O)c5c(C)ncnc5C)CC4)CC3)cc2)CC1.[C-]#[N+]Cc1ccc(N(Cc2ccccc2)C2CCN(C3(C)CCN(C(=O)c4c(C)ncnc4C)CC3)CC2)cc1. The van der Waals surface area contributed by atoms with Crippen molar-refractivity contribution in [2.24, 2.45) is 0 Å². The average molecular weight is 1100 g/mol. The molecular formula is C68H82N12O2. The van der Waals surface area contributed by atoms with Gasteiger partial charge in [0.25, 0.3) is 17.4 Å². The number of carbonyl (C=O) groups excluding carboxylic acids is 2. The molecule has 11 rings (SSSR count). The fourth-order valence-electron chi connectivity index (χ4n) is 13.4. The summed E-state index contributed by atoms with van der Waals surface area (Å²) in [5.41, 5.74) is 11.6. The smallest absolute Gasteiger partial charge is 0.258 e. The van der Waals surface area contributed by atoms with Crippen LogP contribution in [0, 0.1) is 40.8 Å². The molecule has 5 aliphatic rings. The Morgan fingerprint density at radius 2 is 0.866 bits per heavy atom. The van der Waals surface area contributed by atoms with Gasteiger partial charge in [-0.05, 0) is 153 Å². The van der Waals surface area contributed by atoms with Gasteiger partial charge >= 0.3 is 0 Å². The van der Waals surface area contributed by atoms with Crippen molar-refractivity contribution in [1.82, 2.24) is 39.5 Å². The number of carbonyl (C=O) groups is 2. The van der Waals surface area contributed by atoms with Crippen molar-refractivity contribution >= 4 is 23.2 Å². The number of aryl methyl sites for hydroxylation is 4. The molecule has 4 saturated heterocycles. The molecule has 0 N–H and O–H groups in total. The van der Waals surface area contributed by atoms with Gasteiger partial charge < -0.3 is 29.3 Å². The van der Waals surface area contributed by atoms with Gasteiger partial charge in [-0.3, -0.25) is 19.4 Å². The largest absolute Gasteiger partial charge is 0.364 e. The average Bonchev–Trinajstić information content (AvgIpc) is 4.34. The quantitative estimate of drug-likeness (QED) is 0.0977. The lowest BCUT2D eigenvalue weighted by Gasteiger charge is -2.50. The van der Waals surface area contributed by atoms with E-state index in [9.17, 15) is 9.59 Å². The van der Waals surface area contributed by atoms with Crippen LogP contribution in [0.1, 0.15) is 144 Å². The van der Waals surface area contributed by atoms with E-state index in [0.29, 0.717) is 29.8 Å². The van der Waals surface area contributed by atoms with Gasteiger partial charge in [-0.2, -0.15) is 0 Å². The zero-order valence-electron chi connectivity index (χ0n) is 49.2. The number of hydrogen-bond acceptors (Lipinski definition) is 10. The molecular weight excluding hydrogens is 1020 g/mol. The van der Waals surface area contributed by atoms with E-state index in [1.807, 2.05) is 37.5 Å². The third-order valence-electron chi connectivity index (χ3n) is 19.1. The van der Waals surface area contributed by atoms with Crippen LogP contribution < -0.4 is 9.80 Å². The second kappa shape index (κ2) is 25.3. The number of nitrogens with zero attached hydrogens (tertiary/aromatic N) is 12. The van der Waals surface area contributed by atoms with E-state index in [-0.39, 0.29) is 28.4 Å². The molecule has 14 heteroatoms. The van der Waals surface area contributed by atoms with E-state index in [1.54, 1.807) is 0 Å². The standard InChI is InChI=1S/C35H42N6O.C33H40N6O/c1-26-32(27(2)38-25-37-26)33(42)39-22-18-34(3,19-23-39)40-20-14-31(15-21-40)41(24-28-8-6-5-7-9-28)30-12-10-29(11-13-30)35(36-4)16-17-35;1-25-31(26(2)36-24-35-25)32(40)37-20-16-33(3,17-21-37)38-18-14-30(15-19-38)39(23-28-8-6-5-7-9-28)29-12-10-27(11-13-29)22-34-4/h5-13,25,31H,14-24H2,1-3H3;5-13,24,30H,14-23H2,1-3H3. The molecule has 2 aromatic heterocycles. The number of likely N-dealkylation sites (tertiary alicyclic amines) is 4. The molecule has 4 aliphatic heterocycles. The number of aromatic nitrogens is 4. The van der Waals surface area contributed by atoms with E-state index in [1.165, 1.54) is 40.7 Å². The fourth-order valence-corrected chi connectivity index (χ4v) is 13.4. The highest BCUT2D eigenvalue weighted by Crippen LogP contribution is 2.50. The molecule has 1 saturated carbocycles. The molecule has 4 aromatic carbocycles. The highest BCUT2D eigenvalue weighted by atomic mass is 16.2. The molecule has 0 radical (unpaired) electrons. The van der Waals surface area contributed by atoms with Crippen LogP contribution in [-0.4, -0.2) is 127 Å². The fraction of sp³-hybridized carbons (Fsp3) is 0.471. The van der Waals surface area contributed by atoms with E-state index >= 15 is 0 Å². The molecule has 82 heavy (non-hydrogen) atoms. The van der Waals surface area contributed by atoms with Crippen LogP contribution in [0.3, 0.4) is 0 Å². The molecule has 0 bridgehead atoms. The van der Waals surface area contributed by atoms with Gasteiger partial charge in [0.1, 0.15) is 12.7 Å². The van der Waals surface area contributed by atoms with Crippen molar-refractivity contribution in [3.05, 3.63) is 201 Å². The topological polar surface area (TPSA) is 114 Å². The maximum Gasteiger partial charge on any atom is 0.258 e. The Morgan fingerprint density at radius 1 is 0.500 bits per heavy atom. The summed E-state index contributed by atoms with van der Waals surface area (Å²) in [6.45, 7) is 36.7. The predicted octanol–water partition coefficient (Wildman–Crippen LogP) is 11.8. The van der Waals surface area contributed by atoms with Gasteiger partial charge in [-0.25, -0.2) is 33.1 Å². The Balaban J connectivity index is 0.000000184. The third kappa shape index (κ3) is 12.9. The van der Waals surface area contributed by atoms with Crippen molar-refractivity contribution in [1.29, 1.82) is 0 Å². The van der Waals surface area contributed by atoms with Gasteiger partial charge in [-0.1, -0.05) is 60.7 Å². The number of hydrogen-bond donors (Lipinski definition) is 0. The van der Waals surface area contributed by atoms with Crippen molar-refractivity contribution in [2.45, 2.75) is 154 Å². The summed E-state index contributed by atoms with van der Waals surface area (Å²) in [7, 11) is 0. The van der Waals surface area contributed by atoms with Crippen molar-refractivity contribution < 1.29 is 9.59 Å². The summed E-state index contributed by atoms with van der Waals surface area (Å²) >= 11 is 0. The lowest BCUT2D eigenvalue weighted by atomic mass is 9.85. The normalized spacial score (nSPS) is 19.0. The second-order valence-electron chi connectivity index (χ2n) is 24.3. The zero-order chi connectivity index (χ0) is 57.4. The van der Waals surface area contributed by atoms with Crippen molar-refractivity contribution in [2.75, 3.05) is 62.2 Å². The second-order valence-corrected chi connectivity index (χ2v) is 24.3. The summed E-state index contributed by atoms with van der Waals surface area (Å²) < 4.78 is 0. The molecule has 2 amide bonds. The van der Waals surface area contributed by atoms with Gasteiger partial charge in [0.05, 0.1) is 33.9 Å². The van der Waals surface area contributed by atoms with Crippen LogP contribution in [-0.2, 0) is 25.2 Å². The molecule has 1 aliphatic carbocycles. The van der Waals surface area contributed by atoms with Crippen LogP contribution in [0.25, 0.3) is 9.69 Å². The molecule has 426 valence electrons. The van der Waals surface area contributed by atoms with Gasteiger partial charge in [0.15, 0.2) is 0 Å². The van der Waals surface area contributed by atoms with E-state index in [2.05, 4.69) is 172 Å². The first-order valence-electron chi connectivity index (χ1n) is 29.9. The molecule has 0 spiro atoms. The summed E-state index contributed by atoms with van der Waals surface area (Å²) in [4.78, 5) is 65.7. The van der Waals surface area contributed by atoms with Crippen LogP contribution in [0.2, 0.25) is 0 Å². The minimum absolute atomic E-state index is 0.0651. The molecule has 14 nitrogen and oxygen atoms in total. The molecule has 6 aromatic rings. The Morgan fingerprint density at radius 3 is 1.21 bits per heavy atom. The number of anilines is 2. The maximum absolute atomic E-state index is 13.3. The number of amides is 2. The van der Waals surface area contributed by atoms with E-state index < -0.39 is 0 Å². The Kier molecular flexibility index (Phi) is 17.8. The first kappa shape index (κ1) is 57.7. The highest BCUT2D eigenvalue weighted by Gasteiger charge is 2.52. The molecule has 5 fully saturated rings. The van der Waals surface area contributed by atoms with Crippen LogP contribution in [0.15, 0.2) is 122 Å². The Bertz CT molecular complexity index is 3170. The van der Waals surface area contributed by atoms with Crippen LogP contribution in [0.5, 0.6) is 0 Å². The highest BCUT2D eigenvalue weighted by molar-refractivity contribution is 5.97. The van der Waals surface area contributed by atoms with Gasteiger partial charge in [-0.15, -0.1) is 0 Å². The zero-order valence-corrected chi connectivity index (χ0v) is 49.2. The van der Waals surface area contributed by atoms with Crippen molar-refractivity contribution in [3.63, 3.8) is 0 Å². The minimum atomic E-state index is -0.268. The summed E-state index contributed by atoms with van der Waals surface area (Å²) in [6, 6.07) is 39.8. The van der Waals surface area contributed by atoms with Crippen LogP contribution in [0.4, 0.5) is 11.4 Å². The summed E-state index contributed by atoms with van der Waals surface area (Å²) in [6.07, 6.45) is 13.4.